The molecule has 0 aliphatic heterocycles. The van der Waals surface area contributed by atoms with Crippen LogP contribution in [0.4, 0.5) is 50.4 Å². The summed E-state index contributed by atoms with van der Waals surface area (Å²) in [6.07, 6.45) is 10.4. The fourth-order valence-electron chi connectivity index (χ4n) is 3.82. The van der Waals surface area contributed by atoms with Gasteiger partial charge in [0.2, 0.25) is 0 Å². The first-order valence-corrected chi connectivity index (χ1v) is 19.2. The van der Waals surface area contributed by atoms with Gasteiger partial charge in [-0.25, -0.2) is 0 Å². The van der Waals surface area contributed by atoms with Gasteiger partial charge in [-0.1, -0.05) is 59.6 Å². The molecule has 296 valence electrons. The normalized spacial score (nSPS) is 13.3. The second-order valence-electron chi connectivity index (χ2n) is 10.2. The molecule has 0 aliphatic carbocycles. The van der Waals surface area contributed by atoms with Gasteiger partial charge in [0, 0.05) is 48.0 Å². The Morgan fingerprint density at radius 1 is 0.327 bits per heavy atom. The van der Waals surface area contributed by atoms with Crippen LogP contribution in [0.3, 0.4) is 0 Å². The summed E-state index contributed by atoms with van der Waals surface area (Å²) >= 11 is 12.2. The summed E-state index contributed by atoms with van der Waals surface area (Å²) in [7, 11) is -21.3. The number of nitrogens with zero attached hydrogens (tertiary/aromatic N) is 6. The average molecular weight is 952 g/mol. The van der Waals surface area contributed by atoms with Crippen LogP contribution in [0.25, 0.3) is 44.6 Å². The maximum absolute atomic E-state index is 10.7. The summed E-state index contributed by atoms with van der Waals surface area (Å²) in [6, 6.07) is 30.6. The first-order chi connectivity index (χ1) is 24.6. The molecule has 0 saturated carbocycles. The molecule has 7 aromatic rings. The molecule has 0 aliphatic rings. The van der Waals surface area contributed by atoms with Gasteiger partial charge in [0.1, 0.15) is 0 Å². The Bertz CT molecular complexity index is 2030. The van der Waals surface area contributed by atoms with Crippen LogP contribution in [0.15, 0.2) is 134 Å². The van der Waals surface area contributed by atoms with Crippen LogP contribution in [0.2, 0.25) is 10.0 Å². The van der Waals surface area contributed by atoms with Gasteiger partial charge in [0.25, 0.3) is 0 Å². The predicted octanol–water partition coefficient (Wildman–Crippen LogP) is 15.1. The number of hydrogen-bond donors (Lipinski definition) is 0. The van der Waals surface area contributed by atoms with Gasteiger partial charge in [-0.3, -0.25) is 29.9 Å². The van der Waals surface area contributed by atoms with E-state index in [0.29, 0.717) is 10.0 Å². The third-order valence-corrected chi connectivity index (χ3v) is 6.36. The minimum Gasteiger partial charge on any atom is -0.255 e. The zero-order valence-corrected chi connectivity index (χ0v) is 32.0. The zero-order valence-electron chi connectivity index (χ0n) is 26.9. The Labute approximate surface area is 326 Å². The van der Waals surface area contributed by atoms with Crippen molar-refractivity contribution < 1.29 is 69.8 Å². The SMILES string of the molecule is Clc1ccnc2c1ccc1c(Cl)ccnc12.F[P-](F)(F)(F)(F)F.F[P-](F)(F)(F)(F)F.[Ru+2].c1ccc(-c2ccccn2)nc1.c1ccc(-c2ccccn2)nc1. The maximum atomic E-state index is 9.87. The molecule has 0 unspecified atom stereocenters. The molecule has 0 fully saturated rings. The number of rotatable bonds is 2. The predicted molar refractivity (Wildman–Crippen MR) is 189 cm³/mol. The minimum atomic E-state index is -10.7. The molecular weight excluding hydrogens is 930 g/mol. The third kappa shape index (κ3) is 21.5. The molecule has 0 spiro atoms. The van der Waals surface area contributed by atoms with E-state index in [0.717, 1.165) is 44.6 Å². The van der Waals surface area contributed by atoms with E-state index < -0.39 is 15.6 Å². The Hall–Kier alpha value is -4.14. The summed E-state index contributed by atoms with van der Waals surface area (Å²) in [4.78, 5) is 25.4. The molecule has 0 atom stereocenters. The molecular formula is C32H22Cl2F12N6P2Ru. The van der Waals surface area contributed by atoms with Gasteiger partial charge in [-0.15, -0.1) is 0 Å². The van der Waals surface area contributed by atoms with Crippen LogP contribution in [0.1, 0.15) is 0 Å². The number of fused-ring (bicyclic) bond motifs is 3. The Balaban J connectivity index is 0.000000246. The van der Waals surface area contributed by atoms with Gasteiger partial charge in [-0.2, -0.15) is 0 Å². The zero-order chi connectivity index (χ0) is 40.4. The van der Waals surface area contributed by atoms with Crippen molar-refractivity contribution in [1.29, 1.82) is 0 Å². The van der Waals surface area contributed by atoms with E-state index in [9.17, 15) is 50.4 Å². The second kappa shape index (κ2) is 16.9. The van der Waals surface area contributed by atoms with Crippen LogP contribution < -0.4 is 0 Å². The van der Waals surface area contributed by atoms with Crippen molar-refractivity contribution in [1.82, 2.24) is 29.9 Å². The Morgan fingerprint density at radius 3 is 0.764 bits per heavy atom. The molecule has 0 N–H and O–H groups in total. The van der Waals surface area contributed by atoms with Crippen LogP contribution in [-0.4, -0.2) is 29.9 Å². The van der Waals surface area contributed by atoms with E-state index in [1.165, 1.54) is 0 Å². The Morgan fingerprint density at radius 2 is 0.564 bits per heavy atom. The molecule has 1 aromatic carbocycles. The molecule has 0 radical (unpaired) electrons. The van der Waals surface area contributed by atoms with E-state index in [4.69, 9.17) is 23.2 Å². The van der Waals surface area contributed by atoms with Crippen molar-refractivity contribution in [2.24, 2.45) is 0 Å². The van der Waals surface area contributed by atoms with Crippen LogP contribution in [0.5, 0.6) is 0 Å². The first kappa shape index (κ1) is 47.0. The van der Waals surface area contributed by atoms with E-state index in [1.807, 2.05) is 84.9 Å². The molecule has 23 heteroatoms. The molecule has 6 aromatic heterocycles. The fraction of sp³-hybridized carbons (Fsp3) is 0. The molecule has 6 heterocycles. The molecule has 7 rings (SSSR count). The molecule has 0 amide bonds. The first-order valence-electron chi connectivity index (χ1n) is 14.4. The summed E-state index contributed by atoms with van der Waals surface area (Å²) in [5.74, 6) is 0. The standard InChI is InChI=1S/C12H6Cl2N2.2C10H8N2.2F6P.Ru/c13-9-3-5-15-11-7(9)1-2-8-10(14)4-6-16-12(8)11;2*1-3-7-11-9(5-1)10-6-2-4-8-12-10;2*1-7(2,3,4,5)6;/h1-6H;2*1-8H;;;/q;;;2*-1;+2. The molecule has 0 saturated heterocycles. The van der Waals surface area contributed by atoms with E-state index >= 15 is 0 Å². The van der Waals surface area contributed by atoms with Crippen molar-refractivity contribution in [2.45, 2.75) is 0 Å². The van der Waals surface area contributed by atoms with Gasteiger partial charge < -0.3 is 0 Å². The number of hydrogen-bond acceptors (Lipinski definition) is 6. The maximum Gasteiger partial charge on any atom is 2.00 e. The van der Waals surface area contributed by atoms with Crippen LogP contribution in [0, 0.1) is 0 Å². The van der Waals surface area contributed by atoms with Gasteiger partial charge >= 0.3 is 85.5 Å². The van der Waals surface area contributed by atoms with Gasteiger partial charge in [0.05, 0.1) is 43.9 Å². The van der Waals surface area contributed by atoms with Crippen molar-refractivity contribution in [3.05, 3.63) is 144 Å². The average Bonchev–Trinajstić information content (AvgIpc) is 3.08. The van der Waals surface area contributed by atoms with Gasteiger partial charge in [0.15, 0.2) is 0 Å². The van der Waals surface area contributed by atoms with E-state index in [-0.39, 0.29) is 19.5 Å². The van der Waals surface area contributed by atoms with E-state index in [1.54, 1.807) is 49.3 Å². The van der Waals surface area contributed by atoms with Crippen molar-refractivity contribution in [3.8, 4) is 22.8 Å². The van der Waals surface area contributed by atoms with Crippen molar-refractivity contribution in [3.63, 3.8) is 0 Å². The van der Waals surface area contributed by atoms with Gasteiger partial charge in [-0.05, 0) is 60.7 Å². The summed E-state index contributed by atoms with van der Waals surface area (Å²) in [5, 5.41) is 3.14. The van der Waals surface area contributed by atoms with Crippen LogP contribution in [-0.2, 0) is 19.5 Å². The molecule has 55 heavy (non-hydrogen) atoms. The largest absolute Gasteiger partial charge is 2.00 e. The number of aromatic nitrogens is 6. The number of halogens is 14. The summed E-state index contributed by atoms with van der Waals surface area (Å²) < 4.78 is 118. The second-order valence-corrected chi connectivity index (χ2v) is 14.9. The van der Waals surface area contributed by atoms with Crippen molar-refractivity contribution in [2.75, 3.05) is 0 Å². The van der Waals surface area contributed by atoms with E-state index in [2.05, 4.69) is 29.9 Å². The van der Waals surface area contributed by atoms with Crippen molar-refractivity contribution >= 4 is 60.6 Å². The summed E-state index contributed by atoms with van der Waals surface area (Å²) in [6.45, 7) is 0. The smallest absolute Gasteiger partial charge is 0.255 e. The third-order valence-electron chi connectivity index (χ3n) is 5.70. The monoisotopic (exact) mass is 952 g/mol. The summed E-state index contributed by atoms with van der Waals surface area (Å²) in [5.41, 5.74) is 5.23. The number of benzene rings is 1. The number of pyridine rings is 6. The Kier molecular flexibility index (Phi) is 14.5. The minimum absolute atomic E-state index is 0. The topological polar surface area (TPSA) is 77.3 Å². The van der Waals surface area contributed by atoms with Crippen LogP contribution >= 0.6 is 38.8 Å². The molecule has 6 nitrogen and oxygen atoms in total. The quantitative estimate of drug-likeness (QED) is 0.0744. The molecule has 0 bridgehead atoms. The fourth-order valence-corrected chi connectivity index (χ4v) is 4.24.